The van der Waals surface area contributed by atoms with E-state index in [1.165, 1.54) is 0 Å². The van der Waals surface area contributed by atoms with Crippen LogP contribution in [0.5, 0.6) is 5.75 Å². The van der Waals surface area contributed by atoms with Crippen molar-refractivity contribution in [3.63, 3.8) is 0 Å². The number of benzene rings is 3. The number of aromatic nitrogens is 5. The monoisotopic (exact) mass is 598 g/mol. The molecule has 6 aromatic rings. The first-order valence-electron chi connectivity index (χ1n) is 14.6. The summed E-state index contributed by atoms with van der Waals surface area (Å²) < 4.78 is 8.02. The number of carbonyl (C=O) groups is 1. The van der Waals surface area contributed by atoms with Gasteiger partial charge in [0.05, 0.1) is 23.3 Å². The van der Waals surface area contributed by atoms with Crippen LogP contribution >= 0.6 is 0 Å². The van der Waals surface area contributed by atoms with Gasteiger partial charge in [-0.15, -0.1) is 0 Å². The Bertz CT molecular complexity index is 1960. The van der Waals surface area contributed by atoms with Gasteiger partial charge in [-0.05, 0) is 54.4 Å². The molecule has 226 valence electrons. The van der Waals surface area contributed by atoms with Crippen molar-refractivity contribution in [2.45, 2.75) is 39.7 Å². The number of urea groups is 1. The van der Waals surface area contributed by atoms with Crippen LogP contribution in [0.4, 0.5) is 27.9 Å². The predicted octanol–water partition coefficient (Wildman–Crippen LogP) is 7.78. The summed E-state index contributed by atoms with van der Waals surface area (Å²) in [5.41, 5.74) is 4.25. The summed E-state index contributed by atoms with van der Waals surface area (Å²) in [6.45, 7) is 8.65. The molecule has 3 aromatic carbocycles. The average Bonchev–Trinajstić information content (AvgIpc) is 3.46. The fraction of sp³-hybridized carbons (Fsp3) is 0.171. The third-order valence-electron chi connectivity index (χ3n) is 7.14. The highest BCUT2D eigenvalue weighted by Gasteiger charge is 2.22. The van der Waals surface area contributed by atoms with Crippen LogP contribution in [0.1, 0.15) is 37.6 Å². The largest absolute Gasteiger partial charge is 0.488 e. The minimum absolute atomic E-state index is 0.195. The Hall–Kier alpha value is -5.77. The summed E-state index contributed by atoms with van der Waals surface area (Å²) in [4.78, 5) is 26.0. The van der Waals surface area contributed by atoms with E-state index in [1.807, 2.05) is 85.8 Å². The number of amides is 2. The second-order valence-corrected chi connectivity index (χ2v) is 11.7. The SMILES string of the molecule is Cc1cccc(-n2nc(C(C)(C)C)cc2NC(=O)Nc2ccc(OCc3ccnc(Nc4cnccn4)c3)c3ccccc23)c1. The number of rotatable bonds is 8. The summed E-state index contributed by atoms with van der Waals surface area (Å²) in [7, 11) is 0. The zero-order valence-corrected chi connectivity index (χ0v) is 25.6. The quantitative estimate of drug-likeness (QED) is 0.164. The summed E-state index contributed by atoms with van der Waals surface area (Å²) in [5, 5.41) is 15.8. The molecule has 2 amide bonds. The van der Waals surface area contributed by atoms with E-state index in [2.05, 4.69) is 51.7 Å². The van der Waals surface area contributed by atoms with Crippen LogP contribution in [0.25, 0.3) is 16.5 Å². The van der Waals surface area contributed by atoms with Crippen LogP contribution in [0.2, 0.25) is 0 Å². The molecule has 45 heavy (non-hydrogen) atoms. The minimum atomic E-state index is -0.372. The van der Waals surface area contributed by atoms with Crippen molar-refractivity contribution >= 4 is 39.9 Å². The van der Waals surface area contributed by atoms with Gasteiger partial charge in [0.15, 0.2) is 0 Å². The number of hydrogen-bond donors (Lipinski definition) is 3. The van der Waals surface area contributed by atoms with E-state index in [9.17, 15) is 4.79 Å². The maximum Gasteiger partial charge on any atom is 0.324 e. The number of nitrogens with one attached hydrogen (secondary N) is 3. The molecule has 3 heterocycles. The van der Waals surface area contributed by atoms with Gasteiger partial charge in [0.25, 0.3) is 0 Å². The Labute approximate surface area is 261 Å². The van der Waals surface area contributed by atoms with Crippen LogP contribution in [-0.4, -0.2) is 30.8 Å². The highest BCUT2D eigenvalue weighted by molar-refractivity contribution is 6.07. The second kappa shape index (κ2) is 12.5. The van der Waals surface area contributed by atoms with Crippen molar-refractivity contribution in [1.82, 2.24) is 24.7 Å². The van der Waals surface area contributed by atoms with E-state index in [4.69, 9.17) is 9.84 Å². The lowest BCUT2D eigenvalue weighted by atomic mass is 9.92. The molecule has 0 unspecified atom stereocenters. The van der Waals surface area contributed by atoms with Crippen molar-refractivity contribution in [3.8, 4) is 11.4 Å². The first-order valence-corrected chi connectivity index (χ1v) is 14.6. The number of ether oxygens (including phenoxy) is 1. The van der Waals surface area contributed by atoms with E-state index < -0.39 is 0 Å². The molecule has 6 rings (SSSR count). The lowest BCUT2D eigenvalue weighted by Gasteiger charge is -2.15. The molecule has 10 nitrogen and oxygen atoms in total. The molecule has 0 atom stereocenters. The van der Waals surface area contributed by atoms with E-state index in [-0.39, 0.29) is 11.4 Å². The highest BCUT2D eigenvalue weighted by atomic mass is 16.5. The maximum absolute atomic E-state index is 13.4. The third kappa shape index (κ3) is 6.91. The van der Waals surface area contributed by atoms with Crippen molar-refractivity contribution in [3.05, 3.63) is 120 Å². The fourth-order valence-corrected chi connectivity index (χ4v) is 4.86. The molecular weight excluding hydrogens is 564 g/mol. The molecule has 0 radical (unpaired) electrons. The minimum Gasteiger partial charge on any atom is -0.488 e. The van der Waals surface area contributed by atoms with Gasteiger partial charge in [-0.3, -0.25) is 10.3 Å². The summed E-state index contributed by atoms with van der Waals surface area (Å²) in [6.07, 6.45) is 6.59. The Kier molecular flexibility index (Phi) is 8.11. The van der Waals surface area contributed by atoms with Crippen LogP contribution in [-0.2, 0) is 12.0 Å². The smallest absolute Gasteiger partial charge is 0.324 e. The average molecular weight is 599 g/mol. The molecule has 0 aliphatic rings. The maximum atomic E-state index is 13.4. The Morgan fingerprint density at radius 3 is 2.44 bits per heavy atom. The summed E-state index contributed by atoms with van der Waals surface area (Å²) in [6, 6.07) is 24.9. The van der Waals surface area contributed by atoms with Gasteiger partial charge in [-0.25, -0.2) is 19.4 Å². The standard InChI is InChI=1S/C35H34N8O2/c1-23-8-7-9-25(18-23)43-33(20-30(42-43)35(2,3)4)41-34(44)39-28-12-13-29(27-11-6-5-10-26(27)28)45-22-24-14-15-37-31(19-24)40-32-21-36-16-17-38-32/h5-21H,22H2,1-4H3,(H,37,38,40)(H2,39,41,44). The molecule has 10 heteroatoms. The molecule has 0 aliphatic carbocycles. The topological polar surface area (TPSA) is 119 Å². The molecule has 0 spiro atoms. The Morgan fingerprint density at radius 2 is 1.67 bits per heavy atom. The third-order valence-corrected chi connectivity index (χ3v) is 7.14. The molecule has 0 bridgehead atoms. The number of pyridine rings is 1. The molecular formula is C35H34N8O2. The van der Waals surface area contributed by atoms with Crippen molar-refractivity contribution < 1.29 is 9.53 Å². The summed E-state index contributed by atoms with van der Waals surface area (Å²) in [5.74, 6) is 2.53. The molecule has 0 fully saturated rings. The Morgan fingerprint density at radius 1 is 0.844 bits per heavy atom. The molecule has 3 aromatic heterocycles. The van der Waals surface area contributed by atoms with Crippen LogP contribution < -0.4 is 20.7 Å². The number of hydrogen-bond acceptors (Lipinski definition) is 7. The number of anilines is 4. The normalized spacial score (nSPS) is 11.3. The van der Waals surface area contributed by atoms with Gasteiger partial charge >= 0.3 is 6.03 Å². The van der Waals surface area contributed by atoms with Crippen molar-refractivity contribution in [1.29, 1.82) is 0 Å². The van der Waals surface area contributed by atoms with Crippen LogP contribution in [0.15, 0.2) is 104 Å². The van der Waals surface area contributed by atoms with E-state index in [0.29, 0.717) is 35.5 Å². The van der Waals surface area contributed by atoms with Gasteiger partial charge in [0, 0.05) is 40.8 Å². The molecule has 0 aliphatic heterocycles. The number of nitrogens with zero attached hydrogens (tertiary/aromatic N) is 5. The highest BCUT2D eigenvalue weighted by Crippen LogP contribution is 2.33. The van der Waals surface area contributed by atoms with Crippen molar-refractivity contribution in [2.75, 3.05) is 16.0 Å². The molecule has 0 saturated heterocycles. The van der Waals surface area contributed by atoms with E-state index >= 15 is 0 Å². The Balaban J connectivity index is 1.20. The predicted molar refractivity (Wildman–Crippen MR) is 177 cm³/mol. The first-order chi connectivity index (χ1) is 21.7. The number of carbonyl (C=O) groups excluding carboxylic acids is 1. The first kappa shape index (κ1) is 29.3. The lowest BCUT2D eigenvalue weighted by Crippen LogP contribution is -2.21. The number of fused-ring (bicyclic) bond motifs is 1. The van der Waals surface area contributed by atoms with Crippen LogP contribution in [0.3, 0.4) is 0 Å². The number of aryl methyl sites for hydroxylation is 1. The molecule has 3 N–H and O–H groups in total. The zero-order valence-electron chi connectivity index (χ0n) is 25.6. The van der Waals surface area contributed by atoms with Crippen molar-refractivity contribution in [2.24, 2.45) is 0 Å². The van der Waals surface area contributed by atoms with Crippen LogP contribution in [0, 0.1) is 6.92 Å². The van der Waals surface area contributed by atoms with Gasteiger partial charge in [0.1, 0.15) is 29.8 Å². The lowest BCUT2D eigenvalue weighted by molar-refractivity contribution is 0.262. The van der Waals surface area contributed by atoms with E-state index in [1.54, 1.807) is 29.5 Å². The fourth-order valence-electron chi connectivity index (χ4n) is 4.86. The second-order valence-electron chi connectivity index (χ2n) is 11.7. The van der Waals surface area contributed by atoms with E-state index in [0.717, 1.165) is 33.3 Å². The van der Waals surface area contributed by atoms with Gasteiger partial charge in [0.2, 0.25) is 0 Å². The molecule has 0 saturated carbocycles. The van der Waals surface area contributed by atoms with Gasteiger partial charge < -0.3 is 15.4 Å². The summed E-state index contributed by atoms with van der Waals surface area (Å²) >= 11 is 0. The zero-order chi connectivity index (χ0) is 31.4. The van der Waals surface area contributed by atoms with Gasteiger partial charge in [-0.1, -0.05) is 57.2 Å². The van der Waals surface area contributed by atoms with Gasteiger partial charge in [-0.2, -0.15) is 5.10 Å².